The van der Waals surface area contributed by atoms with Crippen molar-refractivity contribution < 1.29 is 24.1 Å². The molecular weight excluding hydrogens is 638 g/mol. The van der Waals surface area contributed by atoms with E-state index in [0.29, 0.717) is 33.1 Å². The summed E-state index contributed by atoms with van der Waals surface area (Å²) in [5, 5.41) is 25.8. The van der Waals surface area contributed by atoms with E-state index in [4.69, 9.17) is 9.47 Å². The van der Waals surface area contributed by atoms with E-state index in [-0.39, 0.29) is 21.6 Å². The standard InChI is InChI=1S/C34H25N5O8S/c1-20-30(32(40)36-23-11-4-3-5-12-23)31(22-10-8-13-25(17-22)46-2)37-33(41)29(48-34(37)35-20)18-21-9-6-7-14-27(21)47-28-16-15-24(38(42)43)19-26(28)39(44)45/h3-19,31H,1-2H3,(H,36,40)/b29-18+/t31-/m1/s1. The summed E-state index contributed by atoms with van der Waals surface area (Å²) >= 11 is 1.11. The van der Waals surface area contributed by atoms with Crippen molar-refractivity contribution in [2.45, 2.75) is 13.0 Å². The minimum absolute atomic E-state index is 0.170. The molecule has 5 aromatic rings. The Morgan fingerprint density at radius 2 is 1.69 bits per heavy atom. The Morgan fingerprint density at radius 3 is 2.42 bits per heavy atom. The molecule has 6 rings (SSSR count). The zero-order chi connectivity index (χ0) is 33.9. The number of methoxy groups -OCH3 is 1. The van der Waals surface area contributed by atoms with E-state index in [0.717, 1.165) is 29.5 Å². The van der Waals surface area contributed by atoms with Crippen molar-refractivity contribution in [1.82, 2.24) is 4.57 Å². The van der Waals surface area contributed by atoms with Gasteiger partial charge in [0.2, 0.25) is 5.75 Å². The third-order valence-corrected chi connectivity index (χ3v) is 8.47. The zero-order valence-corrected chi connectivity index (χ0v) is 26.2. The first-order valence-corrected chi connectivity index (χ1v) is 15.2. The minimum Gasteiger partial charge on any atom is -0.497 e. The molecule has 1 aliphatic rings. The Balaban J connectivity index is 1.46. The van der Waals surface area contributed by atoms with E-state index in [1.54, 1.807) is 85.8 Å². The maximum atomic E-state index is 14.2. The lowest BCUT2D eigenvalue weighted by atomic mass is 9.95. The summed E-state index contributed by atoms with van der Waals surface area (Å²) in [6.45, 7) is 1.71. The number of fused-ring (bicyclic) bond motifs is 1. The van der Waals surface area contributed by atoms with Gasteiger partial charge in [-0.3, -0.25) is 34.4 Å². The van der Waals surface area contributed by atoms with Crippen molar-refractivity contribution in [1.29, 1.82) is 0 Å². The van der Waals surface area contributed by atoms with Gasteiger partial charge in [0.25, 0.3) is 17.2 Å². The minimum atomic E-state index is -0.850. The number of carbonyl (C=O) groups excluding carboxylic acids is 1. The van der Waals surface area contributed by atoms with Crippen molar-refractivity contribution in [2.75, 3.05) is 12.4 Å². The van der Waals surface area contributed by atoms with Crippen LogP contribution in [0, 0.1) is 20.2 Å². The summed E-state index contributed by atoms with van der Waals surface area (Å²) in [6, 6.07) is 24.9. The molecule has 1 aliphatic heterocycles. The van der Waals surface area contributed by atoms with Gasteiger partial charge in [-0.2, -0.15) is 0 Å². The molecule has 1 aromatic heterocycles. The van der Waals surface area contributed by atoms with E-state index in [1.165, 1.54) is 11.7 Å². The first-order chi connectivity index (χ1) is 23.1. The van der Waals surface area contributed by atoms with Gasteiger partial charge in [-0.25, -0.2) is 4.99 Å². The van der Waals surface area contributed by atoms with Crippen molar-refractivity contribution in [3.8, 4) is 17.2 Å². The highest BCUT2D eigenvalue weighted by molar-refractivity contribution is 7.07. The van der Waals surface area contributed by atoms with Gasteiger partial charge >= 0.3 is 5.69 Å². The molecule has 0 bridgehead atoms. The van der Waals surface area contributed by atoms with Crippen molar-refractivity contribution in [2.24, 2.45) is 4.99 Å². The maximum Gasteiger partial charge on any atom is 0.318 e. The summed E-state index contributed by atoms with van der Waals surface area (Å²) in [7, 11) is 1.53. The lowest BCUT2D eigenvalue weighted by molar-refractivity contribution is -0.394. The Morgan fingerprint density at radius 1 is 0.938 bits per heavy atom. The second-order valence-corrected chi connectivity index (χ2v) is 11.5. The number of hydrogen-bond acceptors (Lipinski definition) is 10. The van der Waals surface area contributed by atoms with Crippen LogP contribution in [0.1, 0.15) is 24.1 Å². The van der Waals surface area contributed by atoms with E-state index >= 15 is 0 Å². The number of benzene rings is 4. The lowest BCUT2D eigenvalue weighted by Gasteiger charge is -2.25. The van der Waals surface area contributed by atoms with Crippen LogP contribution in [0.15, 0.2) is 118 Å². The summed E-state index contributed by atoms with van der Waals surface area (Å²) < 4.78 is 13.1. The number of hydrogen-bond donors (Lipinski definition) is 1. The number of nitrogens with zero attached hydrogens (tertiary/aromatic N) is 4. The van der Waals surface area contributed by atoms with Crippen LogP contribution < -0.4 is 29.7 Å². The molecule has 2 heterocycles. The number of allylic oxidation sites excluding steroid dienone is 1. The number of nitro groups is 2. The topological polar surface area (TPSA) is 168 Å². The van der Waals surface area contributed by atoms with Crippen LogP contribution in [0.4, 0.5) is 17.1 Å². The molecule has 1 atom stereocenters. The number of nitrogens with one attached hydrogen (secondary N) is 1. The maximum absolute atomic E-state index is 14.2. The molecule has 0 saturated heterocycles. The fraction of sp³-hybridized carbons (Fsp3) is 0.0882. The van der Waals surface area contributed by atoms with Crippen molar-refractivity contribution >= 4 is 40.4 Å². The molecule has 1 amide bonds. The molecule has 4 aromatic carbocycles. The second kappa shape index (κ2) is 13.1. The molecule has 0 aliphatic carbocycles. The number of amides is 1. The van der Waals surface area contributed by atoms with Crippen molar-refractivity contribution in [3.63, 3.8) is 0 Å². The number of ether oxygens (including phenoxy) is 2. The number of thiazole rings is 1. The van der Waals surface area contributed by atoms with E-state index in [1.807, 2.05) is 6.07 Å². The Kier molecular flexibility index (Phi) is 8.64. The number of rotatable bonds is 9. The van der Waals surface area contributed by atoms with Crippen LogP contribution in [0.25, 0.3) is 6.08 Å². The average molecular weight is 664 g/mol. The fourth-order valence-electron chi connectivity index (χ4n) is 5.26. The zero-order valence-electron chi connectivity index (χ0n) is 25.4. The molecule has 0 unspecified atom stereocenters. The second-order valence-electron chi connectivity index (χ2n) is 10.5. The Hall–Kier alpha value is -6.41. The normalized spacial score (nSPS) is 14.1. The molecule has 0 spiro atoms. The quantitative estimate of drug-likeness (QED) is 0.160. The van der Waals surface area contributed by atoms with E-state index in [2.05, 4.69) is 10.3 Å². The third-order valence-electron chi connectivity index (χ3n) is 7.48. The van der Waals surface area contributed by atoms with Crippen LogP contribution in [0.5, 0.6) is 17.2 Å². The summed E-state index contributed by atoms with van der Waals surface area (Å²) in [5.41, 5.74) is 0.845. The molecular formula is C34H25N5O8S. The first kappa shape index (κ1) is 31.6. The average Bonchev–Trinajstić information content (AvgIpc) is 3.38. The van der Waals surface area contributed by atoms with Gasteiger partial charge in [0.1, 0.15) is 11.5 Å². The van der Waals surface area contributed by atoms with Gasteiger partial charge in [-0.15, -0.1) is 0 Å². The summed E-state index contributed by atoms with van der Waals surface area (Å²) in [4.78, 5) is 54.4. The number of anilines is 1. The smallest absolute Gasteiger partial charge is 0.318 e. The molecule has 48 heavy (non-hydrogen) atoms. The van der Waals surface area contributed by atoms with Crippen molar-refractivity contribution in [3.05, 3.63) is 159 Å². The molecule has 0 saturated carbocycles. The Bertz CT molecular complexity index is 2310. The summed E-state index contributed by atoms with van der Waals surface area (Å²) in [6.07, 6.45) is 1.57. The van der Waals surface area contributed by atoms with Crippen LogP contribution in [0.3, 0.4) is 0 Å². The van der Waals surface area contributed by atoms with Gasteiger partial charge < -0.3 is 14.8 Å². The van der Waals surface area contributed by atoms with Crippen LogP contribution in [0.2, 0.25) is 0 Å². The van der Waals surface area contributed by atoms with Crippen LogP contribution in [-0.2, 0) is 4.79 Å². The lowest BCUT2D eigenvalue weighted by Crippen LogP contribution is -2.40. The summed E-state index contributed by atoms with van der Waals surface area (Å²) in [5.74, 6) is 0.0749. The molecule has 240 valence electrons. The number of para-hydroxylation sites is 2. The molecule has 0 radical (unpaired) electrons. The highest BCUT2D eigenvalue weighted by Crippen LogP contribution is 2.36. The van der Waals surface area contributed by atoms with Gasteiger partial charge in [-0.05, 0) is 55.0 Å². The largest absolute Gasteiger partial charge is 0.497 e. The van der Waals surface area contributed by atoms with Crippen LogP contribution in [-0.4, -0.2) is 27.4 Å². The number of carbonyl (C=O) groups is 1. The van der Waals surface area contributed by atoms with E-state index < -0.39 is 38.7 Å². The SMILES string of the molecule is COc1cccc([C@@H]2C(C(=O)Nc3ccccc3)=C(C)N=c3s/c(=C/c4ccccc4Oc4ccc([N+](=O)[O-])cc4[N+](=O)[O-])c(=O)n32)c1. The molecule has 0 fully saturated rings. The number of non-ortho nitro benzene ring substituents is 1. The molecule has 1 N–H and O–H groups in total. The van der Waals surface area contributed by atoms with Gasteiger partial charge in [0.05, 0.1) is 44.9 Å². The van der Waals surface area contributed by atoms with Gasteiger partial charge in [0, 0.05) is 17.3 Å². The van der Waals surface area contributed by atoms with Gasteiger partial charge in [-0.1, -0.05) is 59.9 Å². The first-order valence-electron chi connectivity index (χ1n) is 14.4. The third kappa shape index (κ3) is 6.19. The predicted molar refractivity (Wildman–Crippen MR) is 178 cm³/mol. The highest BCUT2D eigenvalue weighted by Gasteiger charge is 2.33. The van der Waals surface area contributed by atoms with Gasteiger partial charge in [0.15, 0.2) is 4.80 Å². The molecule has 13 nitrogen and oxygen atoms in total. The van der Waals surface area contributed by atoms with E-state index in [9.17, 15) is 29.8 Å². The highest BCUT2D eigenvalue weighted by atomic mass is 32.1. The fourth-order valence-corrected chi connectivity index (χ4v) is 6.30. The number of nitro benzene ring substituents is 2. The number of aromatic nitrogens is 1. The Labute approximate surface area is 275 Å². The molecule has 14 heteroatoms. The van der Waals surface area contributed by atoms with Crippen LogP contribution >= 0.6 is 11.3 Å². The monoisotopic (exact) mass is 663 g/mol. The predicted octanol–water partition coefficient (Wildman–Crippen LogP) is 5.49.